The molecule has 0 radical (unpaired) electrons. The summed E-state index contributed by atoms with van der Waals surface area (Å²) in [5, 5.41) is 25.4. The van der Waals surface area contributed by atoms with Crippen molar-refractivity contribution < 1.29 is 24.6 Å². The molecule has 0 aromatic carbocycles. The van der Waals surface area contributed by atoms with Crippen LogP contribution in [0.1, 0.15) is 71.1 Å². The monoisotopic (exact) mass is 433 g/mol. The Morgan fingerprint density at radius 2 is 1.72 bits per heavy atom. The molecular formula is C19H32ClN3O6. The van der Waals surface area contributed by atoms with E-state index in [0.717, 1.165) is 30.7 Å². The third-order valence-corrected chi connectivity index (χ3v) is 5.98. The van der Waals surface area contributed by atoms with Crippen LogP contribution in [0.5, 0.6) is 0 Å². The Morgan fingerprint density at radius 3 is 2.21 bits per heavy atom. The number of carboxylic acid groups (broad SMARTS) is 2. The first-order chi connectivity index (χ1) is 13.8. The molecule has 0 aromatic heterocycles. The number of carbonyl (C=O) groups is 3. The summed E-state index contributed by atoms with van der Waals surface area (Å²) in [6.45, 7) is 2.03. The standard InChI is InChI=1S/C19H32ClN3O6/c1-2-3-4-10-19(16(24)25,17(26)27)11-9-14-5-7-15(8-6-14)21-18(28)23(22-29)13-12-20/h14-15H,2-13H2,1H3,(H,21,28)(H,24,25)(H,26,27). The predicted molar refractivity (Wildman–Crippen MR) is 109 cm³/mol. The molecule has 166 valence electrons. The Morgan fingerprint density at radius 1 is 1.10 bits per heavy atom. The number of unbranched alkanes of at least 4 members (excludes halogenated alkanes) is 2. The van der Waals surface area contributed by atoms with Crippen molar-refractivity contribution >= 4 is 29.6 Å². The summed E-state index contributed by atoms with van der Waals surface area (Å²) >= 11 is 5.53. The van der Waals surface area contributed by atoms with E-state index < -0.39 is 23.4 Å². The molecular weight excluding hydrogens is 402 g/mol. The van der Waals surface area contributed by atoms with Gasteiger partial charge in [-0.05, 0) is 50.9 Å². The summed E-state index contributed by atoms with van der Waals surface area (Å²) in [5.74, 6) is -2.19. The largest absolute Gasteiger partial charge is 0.480 e. The number of nitrogens with one attached hydrogen (secondary N) is 1. The number of halogens is 1. The van der Waals surface area contributed by atoms with Gasteiger partial charge in [0.05, 0.1) is 11.8 Å². The van der Waals surface area contributed by atoms with Crippen LogP contribution in [-0.4, -0.2) is 51.7 Å². The fraction of sp³-hybridized carbons (Fsp3) is 0.842. The van der Waals surface area contributed by atoms with Crippen molar-refractivity contribution in [3.63, 3.8) is 0 Å². The second-order valence-corrected chi connectivity index (χ2v) is 8.13. The lowest BCUT2D eigenvalue weighted by Crippen LogP contribution is -2.44. The molecule has 1 aliphatic carbocycles. The number of alkyl halides is 1. The Kier molecular flexibility index (Phi) is 10.9. The summed E-state index contributed by atoms with van der Waals surface area (Å²) in [5.41, 5.74) is -1.72. The summed E-state index contributed by atoms with van der Waals surface area (Å²) in [7, 11) is 0. The molecule has 29 heavy (non-hydrogen) atoms. The third-order valence-electron chi connectivity index (χ3n) is 5.81. The van der Waals surface area contributed by atoms with E-state index in [0.29, 0.717) is 25.7 Å². The zero-order valence-corrected chi connectivity index (χ0v) is 17.7. The summed E-state index contributed by atoms with van der Waals surface area (Å²) in [6, 6.07) is -0.664. The fourth-order valence-corrected chi connectivity index (χ4v) is 4.04. The van der Waals surface area contributed by atoms with Gasteiger partial charge in [0.2, 0.25) is 0 Å². The lowest BCUT2D eigenvalue weighted by molar-refractivity contribution is -0.166. The Hall–Kier alpha value is -1.90. The van der Waals surface area contributed by atoms with Gasteiger partial charge in [-0.25, -0.2) is 4.79 Å². The zero-order chi connectivity index (χ0) is 21.9. The van der Waals surface area contributed by atoms with Gasteiger partial charge in [0, 0.05) is 11.9 Å². The molecule has 10 heteroatoms. The second kappa shape index (κ2) is 12.6. The van der Waals surface area contributed by atoms with E-state index in [1.54, 1.807) is 0 Å². The molecule has 1 aliphatic rings. The van der Waals surface area contributed by atoms with Gasteiger partial charge in [-0.1, -0.05) is 26.2 Å². The number of aliphatic carboxylic acids is 2. The van der Waals surface area contributed by atoms with E-state index in [4.69, 9.17) is 11.6 Å². The highest BCUT2D eigenvalue weighted by Crippen LogP contribution is 2.37. The summed E-state index contributed by atoms with van der Waals surface area (Å²) in [6.07, 6.45) is 5.97. The SMILES string of the molecule is CCCCCC(CCC1CCC(NC(=O)N(CCCl)N=O)CC1)(C(=O)O)C(=O)O. The Bertz CT molecular complexity index is 552. The number of rotatable bonds is 13. The van der Waals surface area contributed by atoms with Crippen LogP contribution in [0, 0.1) is 16.2 Å². The third kappa shape index (κ3) is 7.45. The summed E-state index contributed by atoms with van der Waals surface area (Å²) in [4.78, 5) is 46.2. The molecule has 1 rings (SSSR count). The highest BCUT2D eigenvalue weighted by molar-refractivity contribution is 6.18. The zero-order valence-electron chi connectivity index (χ0n) is 16.9. The number of carboxylic acids is 2. The molecule has 0 aromatic rings. The van der Waals surface area contributed by atoms with E-state index in [1.807, 2.05) is 6.92 Å². The van der Waals surface area contributed by atoms with Gasteiger partial charge in [0.15, 0.2) is 5.41 Å². The molecule has 9 nitrogen and oxygen atoms in total. The molecule has 0 spiro atoms. The van der Waals surface area contributed by atoms with Gasteiger partial charge >= 0.3 is 18.0 Å². The maximum absolute atomic E-state index is 12.0. The molecule has 1 fully saturated rings. The van der Waals surface area contributed by atoms with Crippen molar-refractivity contribution in [3.05, 3.63) is 4.91 Å². The number of carbonyl (C=O) groups excluding carboxylic acids is 1. The molecule has 0 unspecified atom stereocenters. The lowest BCUT2D eigenvalue weighted by Gasteiger charge is -2.32. The summed E-state index contributed by atoms with van der Waals surface area (Å²) < 4.78 is 0. The number of nitroso groups, excluding NO2 is 1. The van der Waals surface area contributed by atoms with E-state index in [-0.39, 0.29) is 37.2 Å². The van der Waals surface area contributed by atoms with Crippen LogP contribution in [0.15, 0.2) is 5.29 Å². The van der Waals surface area contributed by atoms with Crippen LogP contribution in [0.3, 0.4) is 0 Å². The van der Waals surface area contributed by atoms with Gasteiger partial charge in [0.25, 0.3) is 0 Å². The molecule has 0 atom stereocenters. The van der Waals surface area contributed by atoms with Crippen molar-refractivity contribution in [2.45, 2.75) is 77.2 Å². The molecule has 0 bridgehead atoms. The van der Waals surface area contributed by atoms with Gasteiger partial charge in [-0.2, -0.15) is 5.01 Å². The van der Waals surface area contributed by atoms with Crippen molar-refractivity contribution in [1.82, 2.24) is 10.3 Å². The first kappa shape index (κ1) is 25.1. The van der Waals surface area contributed by atoms with Gasteiger partial charge in [-0.3, -0.25) is 9.59 Å². The molecule has 0 heterocycles. The van der Waals surface area contributed by atoms with Crippen LogP contribution in [0.4, 0.5) is 4.79 Å². The average Bonchev–Trinajstić information content (AvgIpc) is 2.69. The van der Waals surface area contributed by atoms with Crippen LogP contribution < -0.4 is 5.32 Å². The van der Waals surface area contributed by atoms with Crippen molar-refractivity contribution in [3.8, 4) is 0 Å². The van der Waals surface area contributed by atoms with Gasteiger partial charge in [-0.15, -0.1) is 16.5 Å². The molecule has 0 saturated heterocycles. The highest BCUT2D eigenvalue weighted by Gasteiger charge is 2.46. The number of amides is 2. The number of urea groups is 1. The van der Waals surface area contributed by atoms with Crippen molar-refractivity contribution in [2.75, 3.05) is 12.4 Å². The second-order valence-electron chi connectivity index (χ2n) is 7.75. The number of hydrogen-bond acceptors (Lipinski definition) is 5. The fourth-order valence-electron chi connectivity index (χ4n) is 3.88. The van der Waals surface area contributed by atoms with Crippen LogP contribution >= 0.6 is 11.6 Å². The van der Waals surface area contributed by atoms with Gasteiger partial charge in [0.1, 0.15) is 0 Å². The molecule has 0 aliphatic heterocycles. The Labute approximate surface area is 176 Å². The molecule has 2 amide bonds. The van der Waals surface area contributed by atoms with E-state index >= 15 is 0 Å². The minimum Gasteiger partial charge on any atom is -0.480 e. The minimum atomic E-state index is -1.72. The van der Waals surface area contributed by atoms with E-state index in [9.17, 15) is 29.5 Å². The predicted octanol–water partition coefficient (Wildman–Crippen LogP) is 3.99. The van der Waals surface area contributed by atoms with Crippen LogP contribution in [0.2, 0.25) is 0 Å². The number of nitrogens with zero attached hydrogens (tertiary/aromatic N) is 2. The highest BCUT2D eigenvalue weighted by atomic mass is 35.5. The maximum atomic E-state index is 12.0. The van der Waals surface area contributed by atoms with Crippen LogP contribution in [0.25, 0.3) is 0 Å². The van der Waals surface area contributed by atoms with Gasteiger partial charge < -0.3 is 15.5 Å². The smallest absolute Gasteiger partial charge is 0.340 e. The topological polar surface area (TPSA) is 136 Å². The first-order valence-electron chi connectivity index (χ1n) is 10.2. The molecule has 3 N–H and O–H groups in total. The molecule has 1 saturated carbocycles. The maximum Gasteiger partial charge on any atom is 0.340 e. The Balaban J connectivity index is 2.55. The van der Waals surface area contributed by atoms with Crippen molar-refractivity contribution in [2.24, 2.45) is 16.6 Å². The quantitative estimate of drug-likeness (QED) is 0.132. The normalized spacial score (nSPS) is 19.4. The van der Waals surface area contributed by atoms with Crippen molar-refractivity contribution in [1.29, 1.82) is 0 Å². The van der Waals surface area contributed by atoms with Crippen LogP contribution in [-0.2, 0) is 9.59 Å². The number of hydrogen-bond donors (Lipinski definition) is 3. The first-order valence-corrected chi connectivity index (χ1v) is 10.8. The van der Waals surface area contributed by atoms with E-state index in [2.05, 4.69) is 10.6 Å². The minimum absolute atomic E-state index is 0.0384. The lowest BCUT2D eigenvalue weighted by atomic mass is 9.74. The average molecular weight is 434 g/mol. The van der Waals surface area contributed by atoms with E-state index in [1.165, 1.54) is 0 Å².